The Morgan fingerprint density at radius 2 is 1.91 bits per heavy atom. The number of hydrogen-bond donors (Lipinski definition) is 2. The van der Waals surface area contributed by atoms with Gasteiger partial charge >= 0.3 is 5.97 Å². The van der Waals surface area contributed by atoms with Crippen LogP contribution in [0.2, 0.25) is 0 Å². The highest BCUT2D eigenvalue weighted by Gasteiger charge is 2.28. The van der Waals surface area contributed by atoms with Gasteiger partial charge < -0.3 is 24.6 Å². The summed E-state index contributed by atoms with van der Waals surface area (Å²) in [5.41, 5.74) is 0.919. The van der Waals surface area contributed by atoms with E-state index in [1.54, 1.807) is 21.3 Å². The van der Waals surface area contributed by atoms with Crippen LogP contribution in [0.1, 0.15) is 5.56 Å². The monoisotopic (exact) mass is 310 g/mol. The first-order chi connectivity index (χ1) is 10.6. The van der Waals surface area contributed by atoms with E-state index in [1.807, 2.05) is 17.0 Å². The molecule has 1 aromatic rings. The maximum atomic E-state index is 11.4. The zero-order valence-corrected chi connectivity index (χ0v) is 13.1. The molecule has 7 nitrogen and oxygen atoms in total. The number of aliphatic carboxylic acids is 1. The van der Waals surface area contributed by atoms with Crippen molar-refractivity contribution in [1.29, 1.82) is 0 Å². The van der Waals surface area contributed by atoms with Crippen molar-refractivity contribution in [3.63, 3.8) is 0 Å². The van der Waals surface area contributed by atoms with E-state index < -0.39 is 12.0 Å². The van der Waals surface area contributed by atoms with Gasteiger partial charge in [0.2, 0.25) is 5.75 Å². The zero-order chi connectivity index (χ0) is 16.1. The van der Waals surface area contributed by atoms with Crippen molar-refractivity contribution < 1.29 is 24.1 Å². The summed E-state index contributed by atoms with van der Waals surface area (Å²) in [6.07, 6.45) is 0. The number of ether oxygens (including phenoxy) is 3. The third kappa shape index (κ3) is 3.42. The average molecular weight is 310 g/mol. The number of methoxy groups -OCH3 is 3. The van der Waals surface area contributed by atoms with E-state index in [0.717, 1.165) is 12.1 Å². The molecule has 0 radical (unpaired) electrons. The molecule has 0 aliphatic carbocycles. The molecule has 0 amide bonds. The van der Waals surface area contributed by atoms with E-state index in [9.17, 15) is 9.90 Å². The third-order valence-corrected chi connectivity index (χ3v) is 3.75. The SMILES string of the molecule is COc1cc(CN2CCNCC2C(=O)O)cc(OC)c1OC. The quantitative estimate of drug-likeness (QED) is 0.795. The topological polar surface area (TPSA) is 80.3 Å². The summed E-state index contributed by atoms with van der Waals surface area (Å²) < 4.78 is 16.0. The Bertz CT molecular complexity index is 510. The second kappa shape index (κ2) is 7.33. The second-order valence-electron chi connectivity index (χ2n) is 5.06. The first-order valence-electron chi connectivity index (χ1n) is 7.07. The Hall–Kier alpha value is -1.99. The standard InChI is InChI=1S/C15H22N2O5/c1-20-12-6-10(7-13(21-2)14(12)22-3)9-17-5-4-16-8-11(17)15(18)19/h6-7,11,16H,4-5,8-9H2,1-3H3,(H,18,19). The van der Waals surface area contributed by atoms with Crippen molar-refractivity contribution in [3.05, 3.63) is 17.7 Å². The van der Waals surface area contributed by atoms with Crippen LogP contribution in [-0.2, 0) is 11.3 Å². The maximum absolute atomic E-state index is 11.4. The molecule has 1 fully saturated rings. The van der Waals surface area contributed by atoms with Crippen LogP contribution >= 0.6 is 0 Å². The molecule has 1 unspecified atom stereocenters. The van der Waals surface area contributed by atoms with Gasteiger partial charge in [0.15, 0.2) is 11.5 Å². The predicted octanol–water partition coefficient (Wildman–Crippen LogP) is 0.571. The molecule has 0 bridgehead atoms. The number of carboxylic acid groups (broad SMARTS) is 1. The van der Waals surface area contributed by atoms with Crippen molar-refractivity contribution in [2.45, 2.75) is 12.6 Å². The molecule has 2 rings (SSSR count). The van der Waals surface area contributed by atoms with Crippen LogP contribution in [0.25, 0.3) is 0 Å². The smallest absolute Gasteiger partial charge is 0.322 e. The van der Waals surface area contributed by atoms with Crippen LogP contribution in [0.3, 0.4) is 0 Å². The van der Waals surface area contributed by atoms with Gasteiger partial charge in [-0.2, -0.15) is 0 Å². The summed E-state index contributed by atoms with van der Waals surface area (Å²) in [5, 5.41) is 12.4. The first kappa shape index (κ1) is 16.4. The Kier molecular flexibility index (Phi) is 5.46. The minimum Gasteiger partial charge on any atom is -0.493 e. The fourth-order valence-corrected chi connectivity index (χ4v) is 2.64. The fourth-order valence-electron chi connectivity index (χ4n) is 2.64. The summed E-state index contributed by atoms with van der Waals surface area (Å²) in [6, 6.07) is 3.16. The molecule has 1 aromatic carbocycles. The zero-order valence-electron chi connectivity index (χ0n) is 13.1. The van der Waals surface area contributed by atoms with Gasteiger partial charge in [-0.1, -0.05) is 0 Å². The first-order valence-corrected chi connectivity index (χ1v) is 7.07. The number of carboxylic acids is 1. The Morgan fingerprint density at radius 3 is 2.41 bits per heavy atom. The number of nitrogens with one attached hydrogen (secondary N) is 1. The molecular formula is C15H22N2O5. The van der Waals surface area contributed by atoms with E-state index in [0.29, 0.717) is 36.9 Å². The van der Waals surface area contributed by atoms with Crippen molar-refractivity contribution >= 4 is 5.97 Å². The molecule has 1 saturated heterocycles. The molecule has 22 heavy (non-hydrogen) atoms. The number of carbonyl (C=O) groups is 1. The molecule has 1 heterocycles. The van der Waals surface area contributed by atoms with Crippen molar-refractivity contribution in [2.24, 2.45) is 0 Å². The molecule has 2 N–H and O–H groups in total. The lowest BCUT2D eigenvalue weighted by Crippen LogP contribution is -2.54. The normalized spacial score (nSPS) is 18.8. The van der Waals surface area contributed by atoms with Crippen molar-refractivity contribution in [3.8, 4) is 17.2 Å². The van der Waals surface area contributed by atoms with Gasteiger partial charge in [-0.15, -0.1) is 0 Å². The van der Waals surface area contributed by atoms with Crippen LogP contribution < -0.4 is 19.5 Å². The maximum Gasteiger partial charge on any atom is 0.322 e. The van der Waals surface area contributed by atoms with E-state index in [1.165, 1.54) is 0 Å². The molecule has 1 aliphatic rings. The predicted molar refractivity (Wildman–Crippen MR) is 80.8 cm³/mol. The molecule has 0 spiro atoms. The van der Waals surface area contributed by atoms with Crippen molar-refractivity contribution in [1.82, 2.24) is 10.2 Å². The van der Waals surface area contributed by atoms with Gasteiger partial charge in [-0.05, 0) is 17.7 Å². The van der Waals surface area contributed by atoms with Crippen LogP contribution in [0.15, 0.2) is 12.1 Å². The summed E-state index contributed by atoms with van der Waals surface area (Å²) in [5.74, 6) is 0.848. The second-order valence-corrected chi connectivity index (χ2v) is 5.06. The summed E-state index contributed by atoms with van der Waals surface area (Å²) in [7, 11) is 4.68. The van der Waals surface area contributed by atoms with Gasteiger partial charge in [0.05, 0.1) is 21.3 Å². The number of benzene rings is 1. The van der Waals surface area contributed by atoms with Gasteiger partial charge in [-0.25, -0.2) is 0 Å². The minimum atomic E-state index is -0.820. The largest absolute Gasteiger partial charge is 0.493 e. The van der Waals surface area contributed by atoms with Crippen LogP contribution in [-0.4, -0.2) is 63.0 Å². The summed E-state index contributed by atoms with van der Waals surface area (Å²) >= 11 is 0. The molecule has 1 atom stereocenters. The number of piperazine rings is 1. The van der Waals surface area contributed by atoms with Crippen LogP contribution in [0.4, 0.5) is 0 Å². The Morgan fingerprint density at radius 1 is 1.27 bits per heavy atom. The van der Waals surface area contributed by atoms with Crippen LogP contribution in [0, 0.1) is 0 Å². The number of rotatable bonds is 6. The summed E-state index contributed by atoms with van der Waals surface area (Å²) in [4.78, 5) is 13.3. The highest BCUT2D eigenvalue weighted by atomic mass is 16.5. The lowest BCUT2D eigenvalue weighted by atomic mass is 10.1. The van der Waals surface area contributed by atoms with E-state index in [4.69, 9.17) is 14.2 Å². The lowest BCUT2D eigenvalue weighted by Gasteiger charge is -2.33. The lowest BCUT2D eigenvalue weighted by molar-refractivity contribution is -0.144. The molecule has 7 heteroatoms. The van der Waals surface area contributed by atoms with E-state index in [-0.39, 0.29) is 0 Å². The van der Waals surface area contributed by atoms with E-state index >= 15 is 0 Å². The van der Waals surface area contributed by atoms with Crippen molar-refractivity contribution in [2.75, 3.05) is 41.0 Å². The van der Waals surface area contributed by atoms with E-state index in [2.05, 4.69) is 5.32 Å². The molecule has 0 saturated carbocycles. The highest BCUT2D eigenvalue weighted by Crippen LogP contribution is 2.38. The van der Waals surface area contributed by atoms with Crippen LogP contribution in [0.5, 0.6) is 17.2 Å². The minimum absolute atomic E-state index is 0.444. The highest BCUT2D eigenvalue weighted by molar-refractivity contribution is 5.74. The molecule has 1 aliphatic heterocycles. The Balaban J connectivity index is 2.26. The van der Waals surface area contributed by atoms with Gasteiger partial charge in [0, 0.05) is 26.2 Å². The fraction of sp³-hybridized carbons (Fsp3) is 0.533. The third-order valence-electron chi connectivity index (χ3n) is 3.75. The number of hydrogen-bond acceptors (Lipinski definition) is 6. The van der Waals surface area contributed by atoms with Gasteiger partial charge in [0.1, 0.15) is 6.04 Å². The van der Waals surface area contributed by atoms with Gasteiger partial charge in [-0.3, -0.25) is 9.69 Å². The van der Waals surface area contributed by atoms with Gasteiger partial charge in [0.25, 0.3) is 0 Å². The average Bonchev–Trinajstić information content (AvgIpc) is 2.54. The molecular weight excluding hydrogens is 288 g/mol. The molecule has 122 valence electrons. The molecule has 0 aromatic heterocycles. The summed E-state index contributed by atoms with van der Waals surface area (Å²) in [6.45, 7) is 2.40. The number of nitrogens with zero attached hydrogens (tertiary/aromatic N) is 1. The Labute approximate surface area is 129 Å².